The summed E-state index contributed by atoms with van der Waals surface area (Å²) in [5.41, 5.74) is 2.42. The van der Waals surface area contributed by atoms with Crippen LogP contribution in [0, 0.1) is 50.7 Å². The number of carbonyl (C=O) groups is 1. The van der Waals surface area contributed by atoms with Crippen LogP contribution in [0.3, 0.4) is 0 Å². The first-order valence-electron chi connectivity index (χ1n) is 15.3. The monoisotopic (exact) mass is 514 g/mol. The minimum absolute atomic E-state index is 0.148. The molecule has 37 heavy (non-hydrogen) atoms. The summed E-state index contributed by atoms with van der Waals surface area (Å²) in [6, 6.07) is 0. The van der Waals surface area contributed by atoms with Crippen LogP contribution in [0.1, 0.15) is 113 Å². The number of aliphatic hydroxyl groups excluding tert-OH is 1. The predicted molar refractivity (Wildman–Crippen MR) is 148 cm³/mol. The molecule has 5 aliphatic carbocycles. The van der Waals surface area contributed by atoms with Crippen LogP contribution in [0.4, 0.5) is 0 Å². The van der Waals surface area contributed by atoms with Crippen LogP contribution in [0.15, 0.2) is 11.6 Å². The van der Waals surface area contributed by atoms with E-state index in [-0.39, 0.29) is 22.2 Å². The molecule has 0 heterocycles. The molecule has 1 N–H and O–H groups in total. The van der Waals surface area contributed by atoms with Crippen molar-refractivity contribution in [1.82, 2.24) is 0 Å². The van der Waals surface area contributed by atoms with Crippen LogP contribution in [0.25, 0.3) is 0 Å². The summed E-state index contributed by atoms with van der Waals surface area (Å²) in [4.78, 5) is 11.7. The third-order valence-corrected chi connectivity index (χ3v) is 13.5. The predicted octanol–water partition coefficient (Wildman–Crippen LogP) is 7.34. The van der Waals surface area contributed by atoms with Crippen molar-refractivity contribution in [2.75, 3.05) is 13.7 Å². The highest BCUT2D eigenvalue weighted by Crippen LogP contribution is 2.70. The Labute approximate surface area is 226 Å². The summed E-state index contributed by atoms with van der Waals surface area (Å²) >= 11 is 0. The lowest BCUT2D eigenvalue weighted by molar-refractivity contribution is -0.178. The van der Waals surface area contributed by atoms with Gasteiger partial charge in [-0.05, 0) is 110 Å². The normalized spacial score (nSPS) is 50.9. The van der Waals surface area contributed by atoms with Gasteiger partial charge < -0.3 is 14.6 Å². The first-order valence-corrected chi connectivity index (χ1v) is 15.3. The van der Waals surface area contributed by atoms with Crippen LogP contribution >= 0.6 is 0 Å². The molecular weight excluding hydrogens is 460 g/mol. The summed E-state index contributed by atoms with van der Waals surface area (Å²) in [5, 5.41) is 11.2. The van der Waals surface area contributed by atoms with Gasteiger partial charge in [0.1, 0.15) is 0 Å². The van der Waals surface area contributed by atoms with Crippen LogP contribution in [0.2, 0.25) is 0 Å². The molecule has 2 unspecified atom stereocenters. The van der Waals surface area contributed by atoms with Gasteiger partial charge in [0.05, 0.1) is 18.8 Å². The number of ether oxygens (including phenoxy) is 2. The molecule has 0 aromatic heterocycles. The molecule has 210 valence electrons. The van der Waals surface area contributed by atoms with Gasteiger partial charge in [0.15, 0.2) is 0 Å². The minimum Gasteiger partial charge on any atom is -0.465 e. The maximum atomic E-state index is 11.7. The van der Waals surface area contributed by atoms with Gasteiger partial charge in [-0.3, -0.25) is 4.79 Å². The van der Waals surface area contributed by atoms with Crippen molar-refractivity contribution in [2.45, 2.75) is 125 Å². The number of hydrogen-bond acceptors (Lipinski definition) is 4. The Morgan fingerprint density at radius 2 is 1.62 bits per heavy atom. The van der Waals surface area contributed by atoms with E-state index in [1.54, 1.807) is 5.57 Å². The number of carbonyl (C=O) groups excluding carboxylic acids is 1. The molecule has 0 saturated heterocycles. The smallest absolute Gasteiger partial charge is 0.302 e. The van der Waals surface area contributed by atoms with Gasteiger partial charge in [0.2, 0.25) is 0 Å². The standard InChI is InChI=1S/C33H54O4/c1-21(34)37-20-33(7)26-11-9-22-19-30(4)16-13-24-29(2,3)28(36-8)15-18-32(24,6)25(30)12-10-23(22)31(26,5)17-14-27(33)35/h9,23-28,35H,10-20H2,1-8H3/t23-,24?,25?,26+,27-,28-,30-,31+,32-,33+/m0/s1. The molecule has 0 aromatic carbocycles. The number of allylic oxidation sites excluding steroid dienone is 2. The third-order valence-electron chi connectivity index (χ3n) is 13.5. The molecule has 4 heteroatoms. The lowest BCUT2D eigenvalue weighted by Crippen LogP contribution is -2.58. The molecule has 0 radical (unpaired) electrons. The number of fused-ring (bicyclic) bond motifs is 6. The topological polar surface area (TPSA) is 55.8 Å². The Morgan fingerprint density at radius 1 is 0.919 bits per heavy atom. The van der Waals surface area contributed by atoms with Gasteiger partial charge >= 0.3 is 5.97 Å². The summed E-state index contributed by atoms with van der Waals surface area (Å²) in [6.45, 7) is 16.7. The van der Waals surface area contributed by atoms with E-state index in [9.17, 15) is 9.90 Å². The van der Waals surface area contributed by atoms with Crippen molar-refractivity contribution < 1.29 is 19.4 Å². The summed E-state index contributed by atoms with van der Waals surface area (Å²) < 4.78 is 11.6. The molecule has 0 aromatic rings. The number of hydrogen-bond donors (Lipinski definition) is 1. The number of esters is 1. The van der Waals surface area contributed by atoms with Crippen molar-refractivity contribution in [2.24, 2.45) is 50.7 Å². The lowest BCUT2D eigenvalue weighted by Gasteiger charge is -2.64. The molecule has 4 saturated carbocycles. The largest absolute Gasteiger partial charge is 0.465 e. The number of aliphatic hydroxyl groups is 1. The highest BCUT2D eigenvalue weighted by atomic mass is 16.5. The zero-order chi connectivity index (χ0) is 27.0. The van der Waals surface area contributed by atoms with Crippen LogP contribution in [-0.2, 0) is 14.3 Å². The summed E-state index contributed by atoms with van der Waals surface area (Å²) in [7, 11) is 1.91. The molecule has 0 bridgehead atoms. The summed E-state index contributed by atoms with van der Waals surface area (Å²) in [5.74, 6) is 2.12. The fourth-order valence-corrected chi connectivity index (χ4v) is 11.6. The molecule has 0 aliphatic heterocycles. The van der Waals surface area contributed by atoms with Gasteiger partial charge in [0.25, 0.3) is 0 Å². The minimum atomic E-state index is -0.413. The molecule has 4 nitrogen and oxygen atoms in total. The van der Waals surface area contributed by atoms with Crippen molar-refractivity contribution in [3.05, 3.63) is 11.6 Å². The van der Waals surface area contributed by atoms with Gasteiger partial charge in [0, 0.05) is 19.4 Å². The van der Waals surface area contributed by atoms with Crippen molar-refractivity contribution in [3.8, 4) is 0 Å². The van der Waals surface area contributed by atoms with E-state index in [0.29, 0.717) is 41.3 Å². The Balaban J connectivity index is 1.47. The first-order chi connectivity index (χ1) is 17.2. The Morgan fingerprint density at radius 3 is 2.30 bits per heavy atom. The van der Waals surface area contributed by atoms with Crippen molar-refractivity contribution >= 4 is 5.97 Å². The zero-order valence-corrected chi connectivity index (χ0v) is 25.0. The second-order valence-corrected chi connectivity index (χ2v) is 15.6. The van der Waals surface area contributed by atoms with E-state index in [1.165, 1.54) is 51.9 Å². The Kier molecular flexibility index (Phi) is 6.80. The number of rotatable bonds is 3. The maximum absolute atomic E-state index is 11.7. The number of methoxy groups -OCH3 is 1. The van der Waals surface area contributed by atoms with Gasteiger partial charge in [-0.1, -0.05) is 53.2 Å². The SMILES string of the molecule is CO[C@H]1CC[C@@]2(C)C(CC[C@@]3(C)CC4=CC[C@@H]5[C@](C)(CC[C@H](O)[C@]5(C)COC(C)=O)[C@H]4CCC32)C1(C)C. The van der Waals surface area contributed by atoms with Crippen molar-refractivity contribution in [1.29, 1.82) is 0 Å². The molecule has 0 amide bonds. The maximum Gasteiger partial charge on any atom is 0.302 e. The van der Waals surface area contributed by atoms with Crippen LogP contribution < -0.4 is 0 Å². The Bertz CT molecular complexity index is 939. The molecular formula is C33H54O4. The molecule has 5 rings (SSSR count). The quantitative estimate of drug-likeness (QED) is 0.316. The average Bonchev–Trinajstić information content (AvgIpc) is 2.97. The fourth-order valence-electron chi connectivity index (χ4n) is 11.6. The molecule has 5 aliphatic rings. The van der Waals surface area contributed by atoms with Gasteiger partial charge in [-0.2, -0.15) is 0 Å². The fraction of sp³-hybridized carbons (Fsp3) is 0.909. The van der Waals surface area contributed by atoms with E-state index in [0.717, 1.165) is 25.2 Å². The van der Waals surface area contributed by atoms with E-state index in [4.69, 9.17) is 9.47 Å². The zero-order valence-electron chi connectivity index (χ0n) is 25.0. The second kappa shape index (κ2) is 9.08. The van der Waals surface area contributed by atoms with Gasteiger partial charge in [-0.25, -0.2) is 0 Å². The molecule has 4 fully saturated rings. The molecule has 10 atom stereocenters. The van der Waals surface area contributed by atoms with E-state index < -0.39 is 6.10 Å². The lowest BCUT2D eigenvalue weighted by atomic mass is 9.42. The highest BCUT2D eigenvalue weighted by Gasteiger charge is 2.63. The van der Waals surface area contributed by atoms with E-state index >= 15 is 0 Å². The first kappa shape index (κ1) is 27.7. The highest BCUT2D eigenvalue weighted by molar-refractivity contribution is 5.65. The van der Waals surface area contributed by atoms with Crippen LogP contribution in [-0.4, -0.2) is 37.0 Å². The van der Waals surface area contributed by atoms with Crippen LogP contribution in [0.5, 0.6) is 0 Å². The van der Waals surface area contributed by atoms with Gasteiger partial charge in [-0.15, -0.1) is 0 Å². The molecule has 0 spiro atoms. The van der Waals surface area contributed by atoms with Crippen molar-refractivity contribution in [3.63, 3.8) is 0 Å². The third kappa shape index (κ3) is 4.00. The second-order valence-electron chi connectivity index (χ2n) is 15.6. The summed E-state index contributed by atoms with van der Waals surface area (Å²) in [6.07, 6.45) is 14.3. The average molecular weight is 515 g/mol. The van der Waals surface area contributed by atoms with E-state index in [2.05, 4.69) is 47.6 Å². The van der Waals surface area contributed by atoms with E-state index in [1.807, 2.05) is 7.11 Å². The Hall–Kier alpha value is -0.870.